The molecule has 0 saturated heterocycles. The average molecular weight is 281 g/mol. The summed E-state index contributed by atoms with van der Waals surface area (Å²) < 4.78 is 2.18. The SMILES string of the molecule is c1ccc2c(c1)CC2CNCc1ccn(C2CCCC2)n1. The molecule has 1 aromatic heterocycles. The van der Waals surface area contributed by atoms with Crippen LogP contribution in [0.15, 0.2) is 36.5 Å². The molecule has 110 valence electrons. The Hall–Kier alpha value is -1.61. The van der Waals surface area contributed by atoms with E-state index in [0.717, 1.165) is 13.1 Å². The summed E-state index contributed by atoms with van der Waals surface area (Å²) in [5, 5.41) is 8.30. The molecule has 1 atom stereocenters. The third-order valence-electron chi connectivity index (χ3n) is 5.02. The monoisotopic (exact) mass is 281 g/mol. The van der Waals surface area contributed by atoms with Crippen molar-refractivity contribution in [3.63, 3.8) is 0 Å². The van der Waals surface area contributed by atoms with Crippen LogP contribution >= 0.6 is 0 Å². The van der Waals surface area contributed by atoms with Gasteiger partial charge in [0.2, 0.25) is 0 Å². The second-order valence-electron chi connectivity index (χ2n) is 6.46. The second kappa shape index (κ2) is 5.64. The molecule has 0 amide bonds. The highest BCUT2D eigenvalue weighted by Gasteiger charge is 2.24. The Labute approximate surface area is 126 Å². The van der Waals surface area contributed by atoms with Crippen molar-refractivity contribution in [3.05, 3.63) is 53.3 Å². The molecule has 0 aliphatic heterocycles. The average Bonchev–Trinajstić information content (AvgIpc) is 3.14. The maximum absolute atomic E-state index is 4.73. The molecule has 21 heavy (non-hydrogen) atoms. The molecule has 1 saturated carbocycles. The minimum absolute atomic E-state index is 0.650. The molecule has 3 nitrogen and oxygen atoms in total. The number of hydrogen-bond donors (Lipinski definition) is 1. The highest BCUT2D eigenvalue weighted by Crippen LogP contribution is 2.34. The molecule has 1 fully saturated rings. The van der Waals surface area contributed by atoms with Crippen molar-refractivity contribution in [1.29, 1.82) is 0 Å². The lowest BCUT2D eigenvalue weighted by molar-refractivity contribution is 0.458. The molecule has 0 spiro atoms. The predicted octanol–water partition coefficient (Wildman–Crippen LogP) is 3.43. The summed E-state index contributed by atoms with van der Waals surface area (Å²) in [5.74, 6) is 0.693. The fraction of sp³-hybridized carbons (Fsp3) is 0.500. The van der Waals surface area contributed by atoms with E-state index in [9.17, 15) is 0 Å². The maximum Gasteiger partial charge on any atom is 0.0762 e. The fourth-order valence-corrected chi connectivity index (χ4v) is 3.76. The Morgan fingerprint density at radius 2 is 2.00 bits per heavy atom. The van der Waals surface area contributed by atoms with Crippen LogP contribution in [0, 0.1) is 0 Å². The van der Waals surface area contributed by atoms with Gasteiger partial charge in [-0.3, -0.25) is 4.68 Å². The first-order valence-electron chi connectivity index (χ1n) is 8.23. The predicted molar refractivity (Wildman–Crippen MR) is 84.3 cm³/mol. The first-order chi connectivity index (χ1) is 10.4. The number of rotatable bonds is 5. The van der Waals surface area contributed by atoms with E-state index in [1.807, 2.05) is 0 Å². The highest BCUT2D eigenvalue weighted by atomic mass is 15.3. The smallest absolute Gasteiger partial charge is 0.0762 e. The van der Waals surface area contributed by atoms with E-state index in [1.165, 1.54) is 48.9 Å². The van der Waals surface area contributed by atoms with Gasteiger partial charge in [0, 0.05) is 25.2 Å². The Morgan fingerprint density at radius 3 is 2.86 bits per heavy atom. The molecule has 0 radical (unpaired) electrons. The summed E-state index contributed by atoms with van der Waals surface area (Å²) in [4.78, 5) is 0. The Morgan fingerprint density at radius 1 is 1.14 bits per heavy atom. The zero-order valence-corrected chi connectivity index (χ0v) is 12.5. The van der Waals surface area contributed by atoms with E-state index >= 15 is 0 Å². The fourth-order valence-electron chi connectivity index (χ4n) is 3.76. The maximum atomic E-state index is 4.73. The van der Waals surface area contributed by atoms with Crippen molar-refractivity contribution >= 4 is 0 Å². The van der Waals surface area contributed by atoms with Gasteiger partial charge in [-0.1, -0.05) is 37.1 Å². The van der Waals surface area contributed by atoms with Crippen LogP contribution in [0.4, 0.5) is 0 Å². The summed E-state index contributed by atoms with van der Waals surface area (Å²) in [6.07, 6.45) is 8.70. The molecule has 1 unspecified atom stereocenters. The van der Waals surface area contributed by atoms with Crippen molar-refractivity contribution in [3.8, 4) is 0 Å². The van der Waals surface area contributed by atoms with Crippen LogP contribution in [-0.2, 0) is 13.0 Å². The Balaban J connectivity index is 1.28. The van der Waals surface area contributed by atoms with Crippen molar-refractivity contribution < 1.29 is 0 Å². The molecule has 1 N–H and O–H groups in total. The summed E-state index contributed by atoms with van der Waals surface area (Å²) in [6, 6.07) is 11.6. The van der Waals surface area contributed by atoms with Crippen LogP contribution in [0.25, 0.3) is 0 Å². The zero-order chi connectivity index (χ0) is 14.1. The quantitative estimate of drug-likeness (QED) is 0.910. The first-order valence-corrected chi connectivity index (χ1v) is 8.23. The number of aromatic nitrogens is 2. The summed E-state index contributed by atoms with van der Waals surface area (Å²) in [6.45, 7) is 1.95. The van der Waals surface area contributed by atoms with Gasteiger partial charge in [-0.05, 0) is 36.5 Å². The van der Waals surface area contributed by atoms with Gasteiger partial charge in [-0.15, -0.1) is 0 Å². The van der Waals surface area contributed by atoms with E-state index in [2.05, 4.69) is 46.5 Å². The lowest BCUT2D eigenvalue weighted by Gasteiger charge is -2.30. The van der Waals surface area contributed by atoms with E-state index in [0.29, 0.717) is 12.0 Å². The van der Waals surface area contributed by atoms with Crippen molar-refractivity contribution in [2.75, 3.05) is 6.54 Å². The Bertz CT molecular complexity index is 610. The molecule has 1 heterocycles. The molecule has 2 aliphatic carbocycles. The molecule has 1 aromatic carbocycles. The largest absolute Gasteiger partial charge is 0.310 e. The van der Waals surface area contributed by atoms with Crippen LogP contribution in [0.1, 0.15) is 54.5 Å². The third kappa shape index (κ3) is 2.62. The third-order valence-corrected chi connectivity index (χ3v) is 5.02. The van der Waals surface area contributed by atoms with Crippen LogP contribution in [0.5, 0.6) is 0 Å². The van der Waals surface area contributed by atoms with Gasteiger partial charge in [0.25, 0.3) is 0 Å². The van der Waals surface area contributed by atoms with E-state index in [-0.39, 0.29) is 0 Å². The molecule has 0 bridgehead atoms. The standard InChI is InChI=1S/C18H23N3/c1-4-8-18-14(5-1)11-15(18)12-19-13-16-9-10-21(20-16)17-6-2-3-7-17/h1,4-5,8-10,15,17,19H,2-3,6-7,11-13H2. The van der Waals surface area contributed by atoms with Crippen LogP contribution in [0.3, 0.4) is 0 Å². The van der Waals surface area contributed by atoms with Crippen LogP contribution < -0.4 is 5.32 Å². The van der Waals surface area contributed by atoms with Crippen LogP contribution in [0.2, 0.25) is 0 Å². The van der Waals surface area contributed by atoms with Gasteiger partial charge in [0.15, 0.2) is 0 Å². The minimum atomic E-state index is 0.650. The van der Waals surface area contributed by atoms with Crippen molar-refractivity contribution in [2.24, 2.45) is 0 Å². The van der Waals surface area contributed by atoms with Crippen LogP contribution in [-0.4, -0.2) is 16.3 Å². The van der Waals surface area contributed by atoms with E-state index in [4.69, 9.17) is 5.10 Å². The van der Waals surface area contributed by atoms with Crippen molar-refractivity contribution in [2.45, 2.75) is 50.6 Å². The molecular weight excluding hydrogens is 258 g/mol. The number of nitrogens with one attached hydrogen (secondary N) is 1. The van der Waals surface area contributed by atoms with Gasteiger partial charge in [0.1, 0.15) is 0 Å². The lowest BCUT2D eigenvalue weighted by Crippen LogP contribution is -2.28. The van der Waals surface area contributed by atoms with Gasteiger partial charge in [-0.2, -0.15) is 5.10 Å². The van der Waals surface area contributed by atoms with Gasteiger partial charge in [-0.25, -0.2) is 0 Å². The first kappa shape index (κ1) is 13.1. The number of hydrogen-bond acceptors (Lipinski definition) is 2. The topological polar surface area (TPSA) is 29.9 Å². The molecule has 4 rings (SSSR count). The molecule has 2 aromatic rings. The summed E-state index contributed by atoms with van der Waals surface area (Å²) in [7, 11) is 0. The Kier molecular flexibility index (Phi) is 3.52. The number of nitrogens with zero attached hydrogens (tertiary/aromatic N) is 2. The summed E-state index contributed by atoms with van der Waals surface area (Å²) in [5.41, 5.74) is 4.23. The van der Waals surface area contributed by atoms with Gasteiger partial charge >= 0.3 is 0 Å². The van der Waals surface area contributed by atoms with E-state index < -0.39 is 0 Å². The number of benzene rings is 1. The van der Waals surface area contributed by atoms with Crippen molar-refractivity contribution in [1.82, 2.24) is 15.1 Å². The normalized spacial score (nSPS) is 21.2. The minimum Gasteiger partial charge on any atom is -0.310 e. The molecule has 2 aliphatic rings. The summed E-state index contributed by atoms with van der Waals surface area (Å²) >= 11 is 0. The molecular formula is C18H23N3. The van der Waals surface area contributed by atoms with E-state index in [1.54, 1.807) is 0 Å². The second-order valence-corrected chi connectivity index (χ2v) is 6.46. The lowest BCUT2D eigenvalue weighted by atomic mass is 9.77. The van der Waals surface area contributed by atoms with Gasteiger partial charge in [0.05, 0.1) is 11.7 Å². The zero-order valence-electron chi connectivity index (χ0n) is 12.5. The molecule has 3 heteroatoms. The number of fused-ring (bicyclic) bond motifs is 1. The van der Waals surface area contributed by atoms with Gasteiger partial charge < -0.3 is 5.32 Å². The highest BCUT2D eigenvalue weighted by molar-refractivity contribution is 5.40.